The number of hydrogen-bond acceptors (Lipinski definition) is 8. The fourth-order valence-corrected chi connectivity index (χ4v) is 4.05. The molecule has 0 aromatic rings. The molecule has 154 valence electrons. The van der Waals surface area contributed by atoms with Crippen LogP contribution in [0.2, 0.25) is 0 Å². The van der Waals surface area contributed by atoms with Crippen molar-refractivity contribution in [2.75, 3.05) is 33.0 Å². The van der Waals surface area contributed by atoms with Gasteiger partial charge < -0.3 is 23.7 Å². The van der Waals surface area contributed by atoms with Crippen LogP contribution in [0.25, 0.3) is 0 Å². The Morgan fingerprint density at radius 1 is 0.852 bits per heavy atom. The zero-order valence-electron chi connectivity index (χ0n) is 16.4. The Morgan fingerprint density at radius 2 is 1.37 bits per heavy atom. The number of hydrogen-bond donors (Lipinski definition) is 0. The summed E-state index contributed by atoms with van der Waals surface area (Å²) in [6.07, 6.45) is 2.35. The Kier molecular flexibility index (Phi) is 7.61. The summed E-state index contributed by atoms with van der Waals surface area (Å²) < 4.78 is 27.3. The molecule has 1 atom stereocenters. The van der Waals surface area contributed by atoms with E-state index in [4.69, 9.17) is 23.7 Å². The summed E-state index contributed by atoms with van der Waals surface area (Å²) in [6, 6.07) is 0. The highest BCUT2D eigenvalue weighted by atomic mass is 16.7. The normalized spacial score (nSPS) is 24.0. The van der Waals surface area contributed by atoms with Crippen LogP contribution < -0.4 is 0 Å². The molecule has 1 spiro atoms. The van der Waals surface area contributed by atoms with Gasteiger partial charge >= 0.3 is 17.9 Å². The van der Waals surface area contributed by atoms with Gasteiger partial charge in [-0.2, -0.15) is 0 Å². The maximum absolute atomic E-state index is 13.1. The van der Waals surface area contributed by atoms with Gasteiger partial charge in [0.2, 0.25) is 0 Å². The van der Waals surface area contributed by atoms with E-state index in [2.05, 4.69) is 0 Å². The highest BCUT2D eigenvalue weighted by Crippen LogP contribution is 2.53. The zero-order valence-corrected chi connectivity index (χ0v) is 16.4. The van der Waals surface area contributed by atoms with Crippen LogP contribution in [0.4, 0.5) is 0 Å². The Balaban J connectivity index is 2.43. The highest BCUT2D eigenvalue weighted by molar-refractivity contribution is 5.96. The average molecular weight is 386 g/mol. The van der Waals surface area contributed by atoms with E-state index in [9.17, 15) is 14.4 Å². The van der Waals surface area contributed by atoms with E-state index in [0.29, 0.717) is 26.1 Å². The molecule has 1 saturated heterocycles. The molecule has 0 unspecified atom stereocenters. The first-order valence-corrected chi connectivity index (χ1v) is 9.74. The Morgan fingerprint density at radius 3 is 1.89 bits per heavy atom. The molecule has 2 fully saturated rings. The number of esters is 3. The molecule has 2 aliphatic rings. The van der Waals surface area contributed by atoms with Gasteiger partial charge in [-0.15, -0.1) is 0 Å². The summed E-state index contributed by atoms with van der Waals surface area (Å²) in [5, 5.41) is 0. The maximum Gasteiger partial charge on any atom is 0.320 e. The number of carbonyl (C=O) groups is 3. The largest absolute Gasteiger partial charge is 0.465 e. The minimum Gasteiger partial charge on any atom is -0.465 e. The molecule has 2 rings (SSSR count). The van der Waals surface area contributed by atoms with E-state index < -0.39 is 35.0 Å². The summed E-state index contributed by atoms with van der Waals surface area (Å²) in [7, 11) is 0. The van der Waals surface area contributed by atoms with Gasteiger partial charge in [-0.3, -0.25) is 14.4 Å². The lowest BCUT2D eigenvalue weighted by Gasteiger charge is -2.48. The van der Waals surface area contributed by atoms with E-state index in [1.807, 2.05) is 0 Å². The van der Waals surface area contributed by atoms with Crippen molar-refractivity contribution in [1.29, 1.82) is 0 Å². The lowest BCUT2D eigenvalue weighted by atomic mass is 9.64. The quantitative estimate of drug-likeness (QED) is 0.355. The van der Waals surface area contributed by atoms with Crippen LogP contribution in [0.15, 0.2) is 0 Å². The van der Waals surface area contributed by atoms with Crippen LogP contribution in [0.1, 0.15) is 52.9 Å². The topological polar surface area (TPSA) is 97.4 Å². The van der Waals surface area contributed by atoms with E-state index in [1.165, 1.54) is 0 Å². The molecule has 1 heterocycles. The van der Waals surface area contributed by atoms with E-state index in [0.717, 1.165) is 12.8 Å². The van der Waals surface area contributed by atoms with Crippen molar-refractivity contribution in [3.8, 4) is 0 Å². The Labute approximate surface area is 159 Å². The first-order chi connectivity index (χ1) is 13.0. The second-order valence-electron chi connectivity index (χ2n) is 6.72. The van der Waals surface area contributed by atoms with Gasteiger partial charge in [-0.25, -0.2) is 0 Å². The molecule has 1 aliphatic heterocycles. The number of carbonyl (C=O) groups excluding carboxylic acids is 3. The molecular weight excluding hydrogens is 356 g/mol. The molecule has 0 amide bonds. The zero-order chi connectivity index (χ0) is 19.9. The Hall–Kier alpha value is -1.67. The second kappa shape index (κ2) is 9.50. The summed E-state index contributed by atoms with van der Waals surface area (Å²) in [5.74, 6) is -4.35. The van der Waals surface area contributed by atoms with Crippen LogP contribution in [0.3, 0.4) is 0 Å². The molecule has 8 nitrogen and oxygen atoms in total. The van der Waals surface area contributed by atoms with Gasteiger partial charge in [0, 0.05) is 6.42 Å². The fourth-order valence-electron chi connectivity index (χ4n) is 4.05. The fraction of sp³-hybridized carbons (Fsp3) is 0.842. The van der Waals surface area contributed by atoms with Gasteiger partial charge in [-0.1, -0.05) is 6.42 Å². The standard InChI is InChI=1S/C19H30O8/c1-4-23-15(20)14(16(21)24-5-2)13-18(17(22)25-6-3)9-7-8-10-19(18)26-11-12-27-19/h14H,4-13H2,1-3H3/t18-/m0/s1. The van der Waals surface area contributed by atoms with Crippen molar-refractivity contribution in [2.45, 2.75) is 58.7 Å². The molecule has 0 N–H and O–H groups in total. The average Bonchev–Trinajstić information content (AvgIpc) is 3.11. The van der Waals surface area contributed by atoms with E-state index in [-0.39, 0.29) is 26.2 Å². The molecular formula is C19H30O8. The van der Waals surface area contributed by atoms with Gasteiger partial charge in [0.15, 0.2) is 11.7 Å². The monoisotopic (exact) mass is 386 g/mol. The third kappa shape index (κ3) is 4.27. The minimum absolute atomic E-state index is 0.122. The van der Waals surface area contributed by atoms with Crippen molar-refractivity contribution in [2.24, 2.45) is 11.3 Å². The van der Waals surface area contributed by atoms with Gasteiger partial charge in [-0.05, 0) is 40.0 Å². The third-order valence-electron chi connectivity index (χ3n) is 5.20. The van der Waals surface area contributed by atoms with Crippen LogP contribution in [-0.4, -0.2) is 56.7 Å². The molecule has 1 aliphatic carbocycles. The van der Waals surface area contributed by atoms with E-state index >= 15 is 0 Å². The third-order valence-corrected chi connectivity index (χ3v) is 5.20. The number of rotatable bonds is 8. The lowest BCUT2D eigenvalue weighted by molar-refractivity contribution is -0.263. The lowest BCUT2D eigenvalue weighted by Crippen LogP contribution is -2.58. The second-order valence-corrected chi connectivity index (χ2v) is 6.72. The number of ether oxygens (including phenoxy) is 5. The first-order valence-electron chi connectivity index (χ1n) is 9.74. The smallest absolute Gasteiger partial charge is 0.320 e. The van der Waals surface area contributed by atoms with Crippen LogP contribution in [0, 0.1) is 11.3 Å². The molecule has 27 heavy (non-hydrogen) atoms. The van der Waals surface area contributed by atoms with Crippen LogP contribution in [0.5, 0.6) is 0 Å². The maximum atomic E-state index is 13.1. The molecule has 0 aromatic carbocycles. The van der Waals surface area contributed by atoms with Crippen molar-refractivity contribution in [3.63, 3.8) is 0 Å². The van der Waals surface area contributed by atoms with E-state index in [1.54, 1.807) is 20.8 Å². The summed E-state index contributed by atoms with van der Waals surface area (Å²) in [6.45, 7) is 6.17. The van der Waals surface area contributed by atoms with Crippen molar-refractivity contribution in [3.05, 3.63) is 0 Å². The van der Waals surface area contributed by atoms with Crippen molar-refractivity contribution >= 4 is 17.9 Å². The SMILES string of the molecule is CCOC(=O)C(C[C@]1(C(=O)OCC)CCCCC12OCCO2)C(=O)OCC. The summed E-state index contributed by atoms with van der Waals surface area (Å²) in [4.78, 5) is 38.1. The summed E-state index contributed by atoms with van der Waals surface area (Å²) in [5.41, 5.74) is -1.26. The molecule has 0 bridgehead atoms. The molecule has 8 heteroatoms. The molecule has 0 aromatic heterocycles. The molecule has 1 saturated carbocycles. The van der Waals surface area contributed by atoms with Crippen LogP contribution >= 0.6 is 0 Å². The Bertz CT molecular complexity index is 522. The minimum atomic E-state index is -1.26. The predicted molar refractivity (Wildman–Crippen MR) is 93.5 cm³/mol. The van der Waals surface area contributed by atoms with Crippen molar-refractivity contribution in [1.82, 2.24) is 0 Å². The van der Waals surface area contributed by atoms with Crippen molar-refractivity contribution < 1.29 is 38.1 Å². The van der Waals surface area contributed by atoms with Gasteiger partial charge in [0.25, 0.3) is 0 Å². The van der Waals surface area contributed by atoms with Gasteiger partial charge in [0.1, 0.15) is 5.41 Å². The molecule has 0 radical (unpaired) electrons. The first kappa shape index (κ1) is 21.6. The predicted octanol–water partition coefficient (Wildman–Crippen LogP) is 1.99. The van der Waals surface area contributed by atoms with Gasteiger partial charge in [0.05, 0.1) is 33.0 Å². The highest BCUT2D eigenvalue weighted by Gasteiger charge is 2.64. The van der Waals surface area contributed by atoms with Crippen LogP contribution in [-0.2, 0) is 38.1 Å². The summed E-state index contributed by atoms with van der Waals surface area (Å²) >= 11 is 0.